The van der Waals surface area contributed by atoms with Crippen LogP contribution in [0.5, 0.6) is 0 Å². The van der Waals surface area contributed by atoms with E-state index >= 15 is 0 Å². The van der Waals surface area contributed by atoms with E-state index in [0.29, 0.717) is 5.41 Å². The maximum atomic E-state index is 5.86. The third-order valence-corrected chi connectivity index (χ3v) is 3.92. The largest absolute Gasteiger partial charge is 0.399 e. The Morgan fingerprint density at radius 3 is 2.87 bits per heavy atom. The van der Waals surface area contributed by atoms with Crippen LogP contribution in [-0.4, -0.2) is 18.0 Å². The van der Waals surface area contributed by atoms with E-state index in [1.54, 1.807) is 5.56 Å². The Morgan fingerprint density at radius 2 is 2.20 bits per heavy atom. The number of nitrogens with two attached hydrogens (primary N) is 1. The van der Waals surface area contributed by atoms with Crippen molar-refractivity contribution in [1.29, 1.82) is 0 Å². The predicted octanol–water partition coefficient (Wildman–Crippen LogP) is 2.14. The molecule has 1 aromatic carbocycles. The first-order valence-electron chi connectivity index (χ1n) is 5.85. The average molecular weight is 202 g/mol. The fourth-order valence-electron chi connectivity index (χ4n) is 2.87. The van der Waals surface area contributed by atoms with Gasteiger partial charge in [0.05, 0.1) is 0 Å². The molecule has 0 amide bonds. The van der Waals surface area contributed by atoms with E-state index in [1.165, 1.54) is 24.9 Å². The molecule has 0 atom stereocenters. The smallest absolute Gasteiger partial charge is 0.0317 e. The van der Waals surface area contributed by atoms with Crippen LogP contribution in [-0.2, 0) is 12.0 Å². The lowest BCUT2D eigenvalue weighted by Gasteiger charge is -2.34. The van der Waals surface area contributed by atoms with E-state index in [-0.39, 0.29) is 0 Å². The van der Waals surface area contributed by atoms with Gasteiger partial charge in [-0.1, -0.05) is 13.0 Å². The van der Waals surface area contributed by atoms with Gasteiger partial charge in [-0.25, -0.2) is 0 Å². The second-order valence-corrected chi connectivity index (χ2v) is 5.00. The minimum Gasteiger partial charge on any atom is -0.399 e. The van der Waals surface area contributed by atoms with Gasteiger partial charge in [0.15, 0.2) is 0 Å². The molecule has 3 rings (SSSR count). The number of nitrogens with zero attached hydrogens (tertiary/aromatic N) is 1. The Morgan fingerprint density at radius 1 is 1.40 bits per heavy atom. The molecule has 80 valence electrons. The van der Waals surface area contributed by atoms with Gasteiger partial charge in [0.25, 0.3) is 0 Å². The summed E-state index contributed by atoms with van der Waals surface area (Å²) < 4.78 is 0. The van der Waals surface area contributed by atoms with Gasteiger partial charge < -0.3 is 5.73 Å². The Kier molecular flexibility index (Phi) is 1.84. The summed E-state index contributed by atoms with van der Waals surface area (Å²) in [5, 5.41) is 0. The van der Waals surface area contributed by atoms with E-state index in [4.69, 9.17) is 5.73 Å². The van der Waals surface area contributed by atoms with E-state index in [1.807, 2.05) is 0 Å². The summed E-state index contributed by atoms with van der Waals surface area (Å²) in [5.41, 5.74) is 10.3. The van der Waals surface area contributed by atoms with Crippen molar-refractivity contribution in [2.75, 3.05) is 18.8 Å². The normalized spacial score (nSPS) is 22.7. The van der Waals surface area contributed by atoms with Crippen molar-refractivity contribution in [3.63, 3.8) is 0 Å². The molecule has 0 bridgehead atoms. The number of likely N-dealkylation sites (N-methyl/N-ethyl adjacent to an activating group) is 1. The molecule has 1 aromatic rings. The molecule has 1 heterocycles. The van der Waals surface area contributed by atoms with Gasteiger partial charge in [0.1, 0.15) is 0 Å². The lowest BCUT2D eigenvalue weighted by molar-refractivity contribution is 0.233. The number of nitrogen functional groups attached to an aromatic ring is 1. The Balaban J connectivity index is 2.05. The highest BCUT2D eigenvalue weighted by molar-refractivity contribution is 5.50. The van der Waals surface area contributed by atoms with Crippen LogP contribution in [0.3, 0.4) is 0 Å². The Bertz CT molecular complexity index is 394. The molecule has 1 aliphatic carbocycles. The molecule has 1 spiro atoms. The van der Waals surface area contributed by atoms with Crippen LogP contribution in [0.15, 0.2) is 18.2 Å². The molecule has 2 aliphatic rings. The van der Waals surface area contributed by atoms with Crippen molar-refractivity contribution >= 4 is 5.69 Å². The van der Waals surface area contributed by atoms with E-state index in [2.05, 4.69) is 30.0 Å². The van der Waals surface area contributed by atoms with Crippen molar-refractivity contribution < 1.29 is 0 Å². The third-order valence-electron chi connectivity index (χ3n) is 3.92. The molecule has 0 saturated heterocycles. The molecular formula is C13H18N2. The fourth-order valence-corrected chi connectivity index (χ4v) is 2.87. The zero-order chi connectivity index (χ0) is 10.5. The van der Waals surface area contributed by atoms with Crippen molar-refractivity contribution in [2.45, 2.75) is 31.7 Å². The summed E-state index contributed by atoms with van der Waals surface area (Å²) in [6, 6.07) is 6.47. The highest BCUT2D eigenvalue weighted by Crippen LogP contribution is 2.52. The molecule has 0 unspecified atom stereocenters. The average Bonchev–Trinajstić information content (AvgIpc) is 2.97. The monoisotopic (exact) mass is 202 g/mol. The maximum Gasteiger partial charge on any atom is 0.0317 e. The van der Waals surface area contributed by atoms with E-state index in [0.717, 1.165) is 18.8 Å². The minimum atomic E-state index is 0.497. The van der Waals surface area contributed by atoms with Crippen LogP contribution < -0.4 is 5.73 Å². The molecule has 15 heavy (non-hydrogen) atoms. The number of hydrogen-bond acceptors (Lipinski definition) is 2. The summed E-state index contributed by atoms with van der Waals surface area (Å²) >= 11 is 0. The molecule has 1 aliphatic heterocycles. The van der Waals surface area contributed by atoms with Gasteiger partial charge in [-0.2, -0.15) is 0 Å². The topological polar surface area (TPSA) is 29.3 Å². The quantitative estimate of drug-likeness (QED) is 0.707. The number of benzene rings is 1. The van der Waals surface area contributed by atoms with E-state index in [9.17, 15) is 0 Å². The fraction of sp³-hybridized carbons (Fsp3) is 0.538. The molecule has 1 saturated carbocycles. The Hall–Kier alpha value is -1.02. The minimum absolute atomic E-state index is 0.497. The van der Waals surface area contributed by atoms with Gasteiger partial charge in [0.2, 0.25) is 0 Å². The lowest BCUT2D eigenvalue weighted by Crippen LogP contribution is -2.37. The van der Waals surface area contributed by atoms with Crippen molar-refractivity contribution in [3.8, 4) is 0 Å². The van der Waals surface area contributed by atoms with Gasteiger partial charge in [-0.05, 0) is 42.6 Å². The number of anilines is 1. The second kappa shape index (κ2) is 2.99. The lowest BCUT2D eigenvalue weighted by atomic mass is 9.87. The van der Waals surface area contributed by atoms with E-state index < -0.39 is 0 Å². The SMILES string of the molecule is CCN1Cc2cc(N)ccc2C2(CC2)C1. The first-order chi connectivity index (χ1) is 7.23. The van der Waals surface area contributed by atoms with Crippen LogP contribution in [0.2, 0.25) is 0 Å². The highest BCUT2D eigenvalue weighted by atomic mass is 15.1. The summed E-state index contributed by atoms with van der Waals surface area (Å²) in [6.45, 7) is 5.72. The molecule has 0 aromatic heterocycles. The molecule has 1 fully saturated rings. The molecule has 0 radical (unpaired) electrons. The zero-order valence-corrected chi connectivity index (χ0v) is 9.29. The predicted molar refractivity (Wildman–Crippen MR) is 62.7 cm³/mol. The molecule has 2 heteroatoms. The second-order valence-electron chi connectivity index (χ2n) is 5.00. The zero-order valence-electron chi connectivity index (χ0n) is 9.29. The number of fused-ring (bicyclic) bond motifs is 2. The van der Waals surface area contributed by atoms with Crippen LogP contribution in [0, 0.1) is 0 Å². The van der Waals surface area contributed by atoms with Gasteiger partial charge in [-0.3, -0.25) is 4.90 Å². The van der Waals surface area contributed by atoms with Crippen LogP contribution in [0.4, 0.5) is 5.69 Å². The van der Waals surface area contributed by atoms with Crippen molar-refractivity contribution in [1.82, 2.24) is 4.90 Å². The summed E-state index contributed by atoms with van der Waals surface area (Å²) in [5.74, 6) is 0. The third kappa shape index (κ3) is 1.36. The molecular weight excluding hydrogens is 184 g/mol. The highest BCUT2D eigenvalue weighted by Gasteiger charge is 2.48. The molecule has 2 N–H and O–H groups in total. The van der Waals surface area contributed by atoms with Crippen molar-refractivity contribution in [3.05, 3.63) is 29.3 Å². The molecule has 2 nitrogen and oxygen atoms in total. The van der Waals surface area contributed by atoms with Gasteiger partial charge in [0, 0.05) is 24.2 Å². The number of rotatable bonds is 1. The number of hydrogen-bond donors (Lipinski definition) is 1. The van der Waals surface area contributed by atoms with Crippen molar-refractivity contribution in [2.24, 2.45) is 0 Å². The van der Waals surface area contributed by atoms with Gasteiger partial charge in [-0.15, -0.1) is 0 Å². The Labute approximate surface area is 91.1 Å². The summed E-state index contributed by atoms with van der Waals surface area (Å²) in [7, 11) is 0. The first kappa shape index (κ1) is 9.22. The first-order valence-corrected chi connectivity index (χ1v) is 5.85. The van der Waals surface area contributed by atoms with Crippen LogP contribution >= 0.6 is 0 Å². The maximum absolute atomic E-state index is 5.86. The van der Waals surface area contributed by atoms with Crippen LogP contribution in [0.25, 0.3) is 0 Å². The standard InChI is InChI=1S/C13H18N2/c1-2-15-8-10-7-11(14)3-4-12(10)13(9-15)5-6-13/h3-4,7H,2,5-6,8-9,14H2,1H3. The van der Waals surface area contributed by atoms with Gasteiger partial charge >= 0.3 is 0 Å². The summed E-state index contributed by atoms with van der Waals surface area (Å²) in [4.78, 5) is 2.54. The van der Waals surface area contributed by atoms with Crippen LogP contribution in [0.1, 0.15) is 30.9 Å². The summed E-state index contributed by atoms with van der Waals surface area (Å²) in [6.07, 6.45) is 2.72.